The Morgan fingerprint density at radius 2 is 1.88 bits per heavy atom. The van der Waals surface area contributed by atoms with Gasteiger partial charge in [-0.25, -0.2) is 0 Å². The summed E-state index contributed by atoms with van der Waals surface area (Å²) >= 11 is 6.07. The van der Waals surface area contributed by atoms with Crippen LogP contribution in [-0.4, -0.2) is 35.4 Å². The number of nitrogens with zero attached hydrogens (tertiary/aromatic N) is 3. The lowest BCUT2D eigenvalue weighted by Crippen LogP contribution is -2.41. The molecule has 4 rings (SSSR count). The van der Waals surface area contributed by atoms with Gasteiger partial charge in [-0.2, -0.15) is 4.68 Å². The second kappa shape index (κ2) is 10.5. The van der Waals surface area contributed by atoms with Gasteiger partial charge in [0.1, 0.15) is 11.6 Å². The summed E-state index contributed by atoms with van der Waals surface area (Å²) in [7, 11) is 0. The Kier molecular flexibility index (Phi) is 7.29. The quantitative estimate of drug-likeness (QED) is 0.573. The van der Waals surface area contributed by atoms with Crippen molar-refractivity contribution >= 4 is 23.3 Å². The third kappa shape index (κ3) is 5.73. The van der Waals surface area contributed by atoms with Gasteiger partial charge < -0.3 is 15.0 Å². The van der Waals surface area contributed by atoms with E-state index >= 15 is 0 Å². The Morgan fingerprint density at radius 3 is 2.58 bits per heavy atom. The Bertz CT molecular complexity index is 1150. The van der Waals surface area contributed by atoms with E-state index in [2.05, 4.69) is 15.3 Å². The lowest BCUT2D eigenvalue weighted by Gasteiger charge is -2.32. The number of carbonyl (C=O) groups is 1. The lowest BCUT2D eigenvalue weighted by atomic mass is 9.96. The molecule has 7 nitrogen and oxygen atoms in total. The molecular weight excluding hydrogens is 440 g/mol. The molecule has 1 aliphatic heterocycles. The topological polar surface area (TPSA) is 76.5 Å². The number of hydrogen-bond donors (Lipinski definition) is 1. The third-order valence-electron chi connectivity index (χ3n) is 5.73. The van der Waals surface area contributed by atoms with Crippen LogP contribution in [-0.2, 0) is 11.3 Å². The highest BCUT2D eigenvalue weighted by atomic mass is 35.5. The second-order valence-electron chi connectivity index (χ2n) is 7.98. The number of amides is 1. The minimum atomic E-state index is -0.218. The van der Waals surface area contributed by atoms with Crippen LogP contribution in [0.3, 0.4) is 0 Å². The number of benzene rings is 2. The maximum atomic E-state index is 12.7. The van der Waals surface area contributed by atoms with E-state index < -0.39 is 0 Å². The molecule has 1 aliphatic rings. The molecule has 0 saturated carbocycles. The van der Waals surface area contributed by atoms with E-state index in [1.54, 1.807) is 30.3 Å². The molecule has 0 spiro atoms. The Balaban J connectivity index is 1.33. The summed E-state index contributed by atoms with van der Waals surface area (Å²) in [6.07, 6.45) is 1.46. The van der Waals surface area contributed by atoms with Crippen LogP contribution in [0.5, 0.6) is 5.75 Å². The summed E-state index contributed by atoms with van der Waals surface area (Å²) in [4.78, 5) is 27.1. The van der Waals surface area contributed by atoms with Crippen molar-refractivity contribution in [3.8, 4) is 11.4 Å². The summed E-state index contributed by atoms with van der Waals surface area (Å²) in [6, 6.07) is 18.1. The number of aromatic nitrogens is 2. The van der Waals surface area contributed by atoms with Crippen LogP contribution in [0, 0.1) is 5.92 Å². The molecule has 0 aliphatic carbocycles. The number of ether oxygens (including phenoxy) is 1. The van der Waals surface area contributed by atoms with Crippen molar-refractivity contribution in [2.45, 2.75) is 26.3 Å². The van der Waals surface area contributed by atoms with Gasteiger partial charge in [0.2, 0.25) is 5.91 Å². The van der Waals surface area contributed by atoms with Gasteiger partial charge in [-0.3, -0.25) is 9.59 Å². The van der Waals surface area contributed by atoms with Gasteiger partial charge in [-0.05, 0) is 61.7 Å². The van der Waals surface area contributed by atoms with Crippen molar-refractivity contribution in [2.24, 2.45) is 5.92 Å². The number of piperidine rings is 1. The monoisotopic (exact) mass is 466 g/mol. The van der Waals surface area contributed by atoms with Gasteiger partial charge in [0.15, 0.2) is 0 Å². The maximum Gasteiger partial charge on any atom is 0.271 e. The predicted molar refractivity (Wildman–Crippen MR) is 129 cm³/mol. The highest BCUT2D eigenvalue weighted by molar-refractivity contribution is 6.30. The van der Waals surface area contributed by atoms with Gasteiger partial charge in [0.25, 0.3) is 5.56 Å². The average Bonchev–Trinajstić information content (AvgIpc) is 2.84. The van der Waals surface area contributed by atoms with Crippen LogP contribution in [0.1, 0.15) is 25.3 Å². The Hall–Kier alpha value is -3.32. The molecule has 0 atom stereocenters. The molecule has 1 amide bonds. The normalized spacial score (nSPS) is 14.2. The molecule has 0 bridgehead atoms. The first kappa shape index (κ1) is 22.9. The van der Waals surface area contributed by atoms with Crippen molar-refractivity contribution in [3.63, 3.8) is 0 Å². The Labute approximate surface area is 197 Å². The van der Waals surface area contributed by atoms with E-state index in [0.29, 0.717) is 42.8 Å². The number of anilines is 1. The number of rotatable bonds is 7. The molecule has 33 heavy (non-hydrogen) atoms. The van der Waals surface area contributed by atoms with Crippen molar-refractivity contribution in [1.82, 2.24) is 15.1 Å². The summed E-state index contributed by atoms with van der Waals surface area (Å²) < 4.78 is 6.81. The first-order valence-corrected chi connectivity index (χ1v) is 11.5. The van der Waals surface area contributed by atoms with Crippen molar-refractivity contribution in [1.29, 1.82) is 0 Å². The first-order chi connectivity index (χ1) is 16.0. The van der Waals surface area contributed by atoms with Crippen LogP contribution < -0.4 is 20.5 Å². The van der Waals surface area contributed by atoms with E-state index in [1.165, 1.54) is 10.7 Å². The third-order valence-corrected chi connectivity index (χ3v) is 5.96. The van der Waals surface area contributed by atoms with Crippen LogP contribution in [0.4, 0.5) is 5.82 Å². The van der Waals surface area contributed by atoms with Gasteiger partial charge in [-0.1, -0.05) is 29.8 Å². The first-order valence-electron chi connectivity index (χ1n) is 11.1. The lowest BCUT2D eigenvalue weighted by molar-refractivity contribution is -0.125. The van der Waals surface area contributed by atoms with Crippen LogP contribution in [0.2, 0.25) is 5.02 Å². The van der Waals surface area contributed by atoms with E-state index in [9.17, 15) is 9.59 Å². The summed E-state index contributed by atoms with van der Waals surface area (Å²) in [5.74, 6) is 1.57. The van der Waals surface area contributed by atoms with Crippen molar-refractivity contribution < 1.29 is 9.53 Å². The summed E-state index contributed by atoms with van der Waals surface area (Å²) in [5, 5.41) is 8.13. The molecule has 8 heteroatoms. The second-order valence-corrected chi connectivity index (χ2v) is 8.41. The van der Waals surface area contributed by atoms with E-state index in [4.69, 9.17) is 16.3 Å². The zero-order chi connectivity index (χ0) is 23.2. The fourth-order valence-electron chi connectivity index (χ4n) is 3.94. The predicted octanol–water partition coefficient (Wildman–Crippen LogP) is 3.82. The molecule has 0 radical (unpaired) electrons. The summed E-state index contributed by atoms with van der Waals surface area (Å²) in [5.41, 5.74) is 1.44. The van der Waals surface area contributed by atoms with E-state index in [1.807, 2.05) is 31.2 Å². The number of halogens is 1. The minimum Gasteiger partial charge on any atom is -0.494 e. The number of nitrogens with one attached hydrogen (secondary N) is 1. The summed E-state index contributed by atoms with van der Waals surface area (Å²) in [6.45, 7) is 4.47. The fourth-order valence-corrected chi connectivity index (χ4v) is 4.12. The molecular formula is C25H27ClN4O3. The van der Waals surface area contributed by atoms with Crippen LogP contribution in [0.15, 0.2) is 65.5 Å². The molecule has 1 fully saturated rings. The number of carbonyl (C=O) groups excluding carboxylic acids is 1. The molecule has 1 saturated heterocycles. The standard InChI is InChI=1S/C25H27ClN4O3/c1-2-33-22-8-6-18(7-9-22)17-27-25(32)19-12-14-29(15-13-19)23-10-11-24(31)30(28-23)21-5-3-4-20(26)16-21/h3-11,16,19H,2,12-15,17H2,1H3,(H,27,32). The van der Waals surface area contributed by atoms with Crippen molar-refractivity contribution in [2.75, 3.05) is 24.6 Å². The molecule has 1 N–H and O–H groups in total. The van der Waals surface area contributed by atoms with Crippen LogP contribution >= 0.6 is 11.6 Å². The van der Waals surface area contributed by atoms with Gasteiger partial charge in [0.05, 0.1) is 12.3 Å². The van der Waals surface area contributed by atoms with E-state index in [0.717, 1.165) is 24.2 Å². The van der Waals surface area contributed by atoms with E-state index in [-0.39, 0.29) is 17.4 Å². The molecule has 172 valence electrons. The molecule has 1 aromatic heterocycles. The fraction of sp³-hybridized carbons (Fsp3) is 0.320. The zero-order valence-corrected chi connectivity index (χ0v) is 19.3. The molecule has 2 aromatic carbocycles. The largest absolute Gasteiger partial charge is 0.494 e. The van der Waals surface area contributed by atoms with Crippen LogP contribution in [0.25, 0.3) is 5.69 Å². The average molecular weight is 467 g/mol. The van der Waals surface area contributed by atoms with Crippen molar-refractivity contribution in [3.05, 3.63) is 81.6 Å². The van der Waals surface area contributed by atoms with Gasteiger partial charge in [-0.15, -0.1) is 5.10 Å². The highest BCUT2D eigenvalue weighted by Gasteiger charge is 2.26. The minimum absolute atomic E-state index is 0.0391. The zero-order valence-electron chi connectivity index (χ0n) is 18.5. The maximum absolute atomic E-state index is 12.7. The molecule has 0 unspecified atom stereocenters. The Morgan fingerprint density at radius 1 is 1.12 bits per heavy atom. The highest BCUT2D eigenvalue weighted by Crippen LogP contribution is 2.22. The van der Waals surface area contributed by atoms with Gasteiger partial charge >= 0.3 is 0 Å². The molecule has 2 heterocycles. The SMILES string of the molecule is CCOc1ccc(CNC(=O)C2CCN(c3ccc(=O)n(-c4cccc(Cl)c4)n3)CC2)cc1. The van der Waals surface area contributed by atoms with Gasteiger partial charge in [0, 0.05) is 36.6 Å². The smallest absolute Gasteiger partial charge is 0.271 e. The molecule has 3 aromatic rings. The number of hydrogen-bond acceptors (Lipinski definition) is 5.